The Morgan fingerprint density at radius 1 is 1.33 bits per heavy atom. The van der Waals surface area contributed by atoms with Gasteiger partial charge in [-0.2, -0.15) is 0 Å². The largest absolute Gasteiger partial charge is 0.496 e. The van der Waals surface area contributed by atoms with Gasteiger partial charge in [-0.25, -0.2) is 4.98 Å². The van der Waals surface area contributed by atoms with Gasteiger partial charge in [-0.1, -0.05) is 24.3 Å². The van der Waals surface area contributed by atoms with E-state index in [1.165, 1.54) is 0 Å². The minimum Gasteiger partial charge on any atom is -0.496 e. The molecule has 0 fully saturated rings. The van der Waals surface area contributed by atoms with Crippen LogP contribution in [0.5, 0.6) is 5.75 Å². The maximum absolute atomic E-state index is 12.5. The molecule has 0 spiro atoms. The van der Waals surface area contributed by atoms with Crippen molar-refractivity contribution in [1.82, 2.24) is 14.9 Å². The van der Waals surface area contributed by atoms with Gasteiger partial charge in [0.05, 0.1) is 13.5 Å². The van der Waals surface area contributed by atoms with E-state index in [0.717, 1.165) is 22.0 Å². The highest BCUT2D eigenvalue weighted by Crippen LogP contribution is 2.29. The first-order valence-electron chi connectivity index (χ1n) is 7.61. The van der Waals surface area contributed by atoms with Crippen LogP contribution >= 0.6 is 11.3 Å². The molecule has 2 aromatic heterocycles. The first-order valence-corrected chi connectivity index (χ1v) is 8.49. The molecule has 0 saturated carbocycles. The average Bonchev–Trinajstić information content (AvgIpc) is 3.24. The SMILES string of the molecule is COc1ccccc1C(NC(=O)Cc1cccs1)c1nccn1C. The Kier molecular flexibility index (Phi) is 4.96. The van der Waals surface area contributed by atoms with Crippen molar-refractivity contribution in [2.24, 2.45) is 7.05 Å². The fraction of sp³-hybridized carbons (Fsp3) is 0.222. The smallest absolute Gasteiger partial charge is 0.226 e. The number of aryl methyl sites for hydroxylation is 1. The van der Waals surface area contributed by atoms with Crippen LogP contribution in [-0.4, -0.2) is 22.6 Å². The van der Waals surface area contributed by atoms with Crippen molar-refractivity contribution in [3.63, 3.8) is 0 Å². The normalized spacial score (nSPS) is 11.9. The number of rotatable bonds is 6. The van der Waals surface area contributed by atoms with Gasteiger partial charge in [0.1, 0.15) is 17.6 Å². The van der Waals surface area contributed by atoms with Gasteiger partial charge in [0.25, 0.3) is 0 Å². The number of ether oxygens (including phenoxy) is 1. The number of carbonyl (C=O) groups is 1. The van der Waals surface area contributed by atoms with Crippen LogP contribution in [0, 0.1) is 0 Å². The monoisotopic (exact) mass is 341 g/mol. The maximum Gasteiger partial charge on any atom is 0.226 e. The first-order chi connectivity index (χ1) is 11.7. The quantitative estimate of drug-likeness (QED) is 0.750. The van der Waals surface area contributed by atoms with E-state index in [2.05, 4.69) is 10.3 Å². The number of aromatic nitrogens is 2. The number of nitrogens with zero attached hydrogens (tertiary/aromatic N) is 2. The summed E-state index contributed by atoms with van der Waals surface area (Å²) in [5, 5.41) is 5.07. The Morgan fingerprint density at radius 3 is 2.83 bits per heavy atom. The zero-order chi connectivity index (χ0) is 16.9. The van der Waals surface area contributed by atoms with Crippen molar-refractivity contribution in [3.05, 3.63) is 70.4 Å². The molecule has 3 aromatic rings. The van der Waals surface area contributed by atoms with Crippen LogP contribution in [0.1, 0.15) is 22.3 Å². The van der Waals surface area contributed by atoms with E-state index in [0.29, 0.717) is 6.42 Å². The molecule has 1 aromatic carbocycles. The Hall–Kier alpha value is -2.60. The van der Waals surface area contributed by atoms with Gasteiger partial charge in [-0.15, -0.1) is 11.3 Å². The van der Waals surface area contributed by atoms with Crippen LogP contribution in [0.3, 0.4) is 0 Å². The molecule has 0 aliphatic heterocycles. The second kappa shape index (κ2) is 7.31. The lowest BCUT2D eigenvalue weighted by atomic mass is 10.0. The van der Waals surface area contributed by atoms with E-state index in [4.69, 9.17) is 4.74 Å². The molecular formula is C18H19N3O2S. The van der Waals surface area contributed by atoms with Gasteiger partial charge in [0.15, 0.2) is 0 Å². The molecule has 5 nitrogen and oxygen atoms in total. The number of para-hydroxylation sites is 1. The predicted octanol–water partition coefficient (Wildman–Crippen LogP) is 2.94. The summed E-state index contributed by atoms with van der Waals surface area (Å²) >= 11 is 1.58. The minimum atomic E-state index is -0.367. The van der Waals surface area contributed by atoms with Crippen molar-refractivity contribution >= 4 is 17.2 Å². The number of nitrogens with one attached hydrogen (secondary N) is 1. The van der Waals surface area contributed by atoms with E-state index < -0.39 is 0 Å². The van der Waals surface area contributed by atoms with Crippen molar-refractivity contribution in [2.45, 2.75) is 12.5 Å². The van der Waals surface area contributed by atoms with Crippen LogP contribution in [-0.2, 0) is 18.3 Å². The summed E-state index contributed by atoms with van der Waals surface area (Å²) in [6.07, 6.45) is 3.94. The lowest BCUT2D eigenvalue weighted by Gasteiger charge is -2.21. The molecule has 6 heteroatoms. The number of benzene rings is 1. The standard InChI is InChI=1S/C18H19N3O2S/c1-21-10-9-19-18(21)17(14-7-3-4-8-15(14)23-2)20-16(22)12-13-6-5-11-24-13/h3-11,17H,12H2,1-2H3,(H,20,22). The molecule has 24 heavy (non-hydrogen) atoms. The summed E-state index contributed by atoms with van der Waals surface area (Å²) in [5.74, 6) is 1.44. The molecule has 0 radical (unpaired) electrons. The summed E-state index contributed by atoms with van der Waals surface area (Å²) in [5.41, 5.74) is 0.883. The van der Waals surface area contributed by atoms with Crippen molar-refractivity contribution < 1.29 is 9.53 Å². The molecule has 2 heterocycles. The lowest BCUT2D eigenvalue weighted by molar-refractivity contribution is -0.120. The molecule has 1 N–H and O–H groups in total. The van der Waals surface area contributed by atoms with Gasteiger partial charge < -0.3 is 14.6 Å². The fourth-order valence-corrected chi connectivity index (χ4v) is 3.33. The number of carbonyl (C=O) groups excluding carboxylic acids is 1. The van der Waals surface area contributed by atoms with Gasteiger partial charge in [-0.3, -0.25) is 4.79 Å². The summed E-state index contributed by atoms with van der Waals surface area (Å²) in [4.78, 5) is 18.0. The number of hydrogen-bond acceptors (Lipinski definition) is 4. The molecule has 0 aliphatic carbocycles. The molecule has 1 amide bonds. The van der Waals surface area contributed by atoms with Crippen LogP contribution < -0.4 is 10.1 Å². The Morgan fingerprint density at radius 2 is 2.17 bits per heavy atom. The van der Waals surface area contributed by atoms with Gasteiger partial charge >= 0.3 is 0 Å². The second-order valence-electron chi connectivity index (χ2n) is 5.39. The van der Waals surface area contributed by atoms with Gasteiger partial charge in [0, 0.05) is 29.9 Å². The molecule has 1 unspecified atom stereocenters. The summed E-state index contributed by atoms with van der Waals surface area (Å²) in [6, 6.07) is 11.2. The van der Waals surface area contributed by atoms with Crippen LogP contribution in [0.25, 0.3) is 0 Å². The summed E-state index contributed by atoms with van der Waals surface area (Å²) in [7, 11) is 3.54. The zero-order valence-electron chi connectivity index (χ0n) is 13.6. The third kappa shape index (κ3) is 3.49. The van der Waals surface area contributed by atoms with Crippen molar-refractivity contribution in [2.75, 3.05) is 7.11 Å². The molecule has 0 saturated heterocycles. The van der Waals surface area contributed by atoms with Gasteiger partial charge in [0.2, 0.25) is 5.91 Å². The first kappa shape index (κ1) is 16.3. The highest BCUT2D eigenvalue weighted by molar-refractivity contribution is 7.10. The molecular weight excluding hydrogens is 322 g/mol. The van der Waals surface area contributed by atoms with E-state index in [9.17, 15) is 4.79 Å². The molecule has 3 rings (SSSR count). The number of amides is 1. The third-order valence-corrected chi connectivity index (χ3v) is 4.66. The van der Waals surface area contributed by atoms with E-state index in [1.54, 1.807) is 24.6 Å². The highest BCUT2D eigenvalue weighted by Gasteiger charge is 2.23. The number of methoxy groups -OCH3 is 1. The van der Waals surface area contributed by atoms with Crippen LogP contribution in [0.4, 0.5) is 0 Å². The Balaban J connectivity index is 1.91. The summed E-state index contributed by atoms with van der Waals surface area (Å²) in [6.45, 7) is 0. The number of thiophene rings is 1. The van der Waals surface area contributed by atoms with E-state index in [1.807, 2.05) is 59.6 Å². The molecule has 0 aliphatic rings. The topological polar surface area (TPSA) is 56.1 Å². The van der Waals surface area contributed by atoms with E-state index in [-0.39, 0.29) is 11.9 Å². The minimum absolute atomic E-state index is 0.0450. The lowest BCUT2D eigenvalue weighted by Crippen LogP contribution is -2.32. The highest BCUT2D eigenvalue weighted by atomic mass is 32.1. The zero-order valence-corrected chi connectivity index (χ0v) is 14.4. The molecule has 124 valence electrons. The van der Waals surface area contributed by atoms with Crippen LogP contribution in [0.2, 0.25) is 0 Å². The molecule has 1 atom stereocenters. The second-order valence-corrected chi connectivity index (χ2v) is 6.43. The Labute approximate surface area is 144 Å². The van der Waals surface area contributed by atoms with Crippen LogP contribution in [0.15, 0.2) is 54.2 Å². The summed E-state index contributed by atoms with van der Waals surface area (Å²) < 4.78 is 7.37. The number of hydrogen-bond donors (Lipinski definition) is 1. The Bertz CT molecular complexity index is 811. The molecule has 0 bridgehead atoms. The van der Waals surface area contributed by atoms with Crippen molar-refractivity contribution in [1.29, 1.82) is 0 Å². The van der Waals surface area contributed by atoms with Gasteiger partial charge in [-0.05, 0) is 17.5 Å². The predicted molar refractivity (Wildman–Crippen MR) is 94.2 cm³/mol. The number of imidazole rings is 1. The average molecular weight is 341 g/mol. The third-order valence-electron chi connectivity index (χ3n) is 3.79. The van der Waals surface area contributed by atoms with E-state index >= 15 is 0 Å². The maximum atomic E-state index is 12.5. The fourth-order valence-electron chi connectivity index (χ4n) is 2.63. The van der Waals surface area contributed by atoms with Crippen molar-refractivity contribution in [3.8, 4) is 5.75 Å².